The van der Waals surface area contributed by atoms with Crippen molar-refractivity contribution in [3.8, 4) is 11.9 Å². The van der Waals surface area contributed by atoms with Crippen LogP contribution in [0.3, 0.4) is 0 Å². The van der Waals surface area contributed by atoms with Crippen LogP contribution in [0.2, 0.25) is 0 Å². The van der Waals surface area contributed by atoms with Gasteiger partial charge in [0.05, 0.1) is 18.5 Å². The SMILES string of the molecule is CC(C)Oc1nnc(Nc2cnc(C#N)cn2)cc1NCC1CCNCC1. The molecule has 2 aromatic rings. The Morgan fingerprint density at radius 1 is 1.22 bits per heavy atom. The third-order valence-electron chi connectivity index (χ3n) is 4.17. The minimum Gasteiger partial charge on any atom is -0.472 e. The van der Waals surface area contributed by atoms with Gasteiger partial charge in [-0.25, -0.2) is 9.97 Å². The Balaban J connectivity index is 1.73. The van der Waals surface area contributed by atoms with Crippen LogP contribution in [0.5, 0.6) is 5.88 Å². The maximum atomic E-state index is 8.80. The van der Waals surface area contributed by atoms with Crippen LogP contribution in [0.4, 0.5) is 17.3 Å². The topological polar surface area (TPSA) is 121 Å². The molecule has 27 heavy (non-hydrogen) atoms. The number of anilines is 3. The summed E-state index contributed by atoms with van der Waals surface area (Å²) in [7, 11) is 0. The third-order valence-corrected chi connectivity index (χ3v) is 4.17. The molecule has 3 heterocycles. The minimum absolute atomic E-state index is 0.00179. The third kappa shape index (κ3) is 5.49. The highest BCUT2D eigenvalue weighted by atomic mass is 16.5. The summed E-state index contributed by atoms with van der Waals surface area (Å²) in [6.45, 7) is 6.88. The van der Waals surface area contributed by atoms with E-state index in [1.165, 1.54) is 12.4 Å². The fourth-order valence-electron chi connectivity index (χ4n) is 2.80. The highest BCUT2D eigenvalue weighted by molar-refractivity contribution is 5.61. The van der Waals surface area contributed by atoms with Crippen LogP contribution in [0.1, 0.15) is 32.4 Å². The van der Waals surface area contributed by atoms with Gasteiger partial charge in [0.15, 0.2) is 11.5 Å². The number of rotatable bonds is 7. The van der Waals surface area contributed by atoms with Crippen LogP contribution in [0.25, 0.3) is 0 Å². The summed E-state index contributed by atoms with van der Waals surface area (Å²) < 4.78 is 5.78. The van der Waals surface area contributed by atoms with Gasteiger partial charge in [-0.15, -0.1) is 10.2 Å². The summed E-state index contributed by atoms with van der Waals surface area (Å²) in [5.74, 6) is 2.12. The minimum atomic E-state index is 0.00179. The summed E-state index contributed by atoms with van der Waals surface area (Å²) in [6, 6.07) is 3.79. The molecule has 0 bridgehead atoms. The van der Waals surface area contributed by atoms with E-state index in [0.717, 1.165) is 38.2 Å². The second kappa shape index (κ2) is 9.09. The number of nitrogens with one attached hydrogen (secondary N) is 3. The van der Waals surface area contributed by atoms with E-state index in [9.17, 15) is 0 Å². The molecule has 3 N–H and O–H groups in total. The largest absolute Gasteiger partial charge is 0.472 e. The summed E-state index contributed by atoms with van der Waals surface area (Å²) in [5, 5.41) is 27.0. The molecule has 0 spiro atoms. The fourth-order valence-corrected chi connectivity index (χ4v) is 2.80. The van der Waals surface area contributed by atoms with Gasteiger partial charge >= 0.3 is 0 Å². The molecule has 0 radical (unpaired) electrons. The number of ether oxygens (including phenoxy) is 1. The molecule has 0 amide bonds. The smallest absolute Gasteiger partial charge is 0.257 e. The Kier molecular flexibility index (Phi) is 6.33. The molecule has 142 valence electrons. The summed E-state index contributed by atoms with van der Waals surface area (Å²) >= 11 is 0. The van der Waals surface area contributed by atoms with Crippen molar-refractivity contribution < 1.29 is 4.74 Å². The van der Waals surface area contributed by atoms with E-state index >= 15 is 0 Å². The summed E-state index contributed by atoms with van der Waals surface area (Å²) in [4.78, 5) is 8.13. The molecule has 0 saturated carbocycles. The van der Waals surface area contributed by atoms with Crippen LogP contribution in [0, 0.1) is 17.2 Å². The number of nitrogens with zero attached hydrogens (tertiary/aromatic N) is 5. The highest BCUT2D eigenvalue weighted by Crippen LogP contribution is 2.26. The molecule has 1 aliphatic rings. The average molecular weight is 368 g/mol. The van der Waals surface area contributed by atoms with Crippen molar-refractivity contribution in [1.29, 1.82) is 5.26 Å². The Labute approximate surface area is 158 Å². The van der Waals surface area contributed by atoms with Gasteiger partial charge in [-0.3, -0.25) is 0 Å². The summed E-state index contributed by atoms with van der Waals surface area (Å²) in [6.07, 6.45) is 5.20. The van der Waals surface area contributed by atoms with Gasteiger partial charge in [-0.2, -0.15) is 5.26 Å². The van der Waals surface area contributed by atoms with Gasteiger partial charge in [0, 0.05) is 12.6 Å². The quantitative estimate of drug-likeness (QED) is 0.674. The lowest BCUT2D eigenvalue weighted by molar-refractivity contribution is 0.231. The first-order valence-corrected chi connectivity index (χ1v) is 9.12. The predicted octanol–water partition coefficient (Wildman–Crippen LogP) is 2.08. The first kappa shape index (κ1) is 18.8. The average Bonchev–Trinajstić information content (AvgIpc) is 2.69. The Morgan fingerprint density at radius 3 is 2.70 bits per heavy atom. The Bertz CT molecular complexity index is 781. The van der Waals surface area contributed by atoms with E-state index in [1.807, 2.05) is 26.0 Å². The zero-order chi connectivity index (χ0) is 19.1. The number of aromatic nitrogens is 4. The molecule has 0 unspecified atom stereocenters. The lowest BCUT2D eigenvalue weighted by Gasteiger charge is -2.24. The Morgan fingerprint density at radius 2 is 2.04 bits per heavy atom. The van der Waals surface area contributed by atoms with Crippen LogP contribution in [0.15, 0.2) is 18.5 Å². The molecule has 1 aliphatic heterocycles. The second-order valence-electron chi connectivity index (χ2n) is 6.71. The molecule has 2 aromatic heterocycles. The standard InChI is InChI=1S/C18H24N8O/c1-12(2)27-18-15(22-9-13-3-5-20-6-4-13)7-16(25-26-18)24-17-11-21-14(8-19)10-23-17/h7,10-13,20H,3-6,9H2,1-2H3,(H2,22,23,24,25). The zero-order valence-electron chi connectivity index (χ0n) is 15.6. The van der Waals surface area contributed by atoms with Gasteiger partial charge in [0.2, 0.25) is 0 Å². The van der Waals surface area contributed by atoms with Crippen molar-refractivity contribution in [2.45, 2.75) is 32.8 Å². The molecular weight excluding hydrogens is 344 g/mol. The normalized spacial score (nSPS) is 14.6. The van der Waals surface area contributed by atoms with Crippen molar-refractivity contribution in [3.63, 3.8) is 0 Å². The molecule has 0 aromatic carbocycles. The maximum absolute atomic E-state index is 8.80. The van der Waals surface area contributed by atoms with Crippen molar-refractivity contribution in [3.05, 3.63) is 24.2 Å². The molecule has 0 atom stereocenters. The van der Waals surface area contributed by atoms with Crippen LogP contribution < -0.4 is 20.7 Å². The van der Waals surface area contributed by atoms with Crippen LogP contribution in [-0.4, -0.2) is 45.9 Å². The van der Waals surface area contributed by atoms with Crippen molar-refractivity contribution in [2.75, 3.05) is 30.3 Å². The molecular formula is C18H24N8O. The van der Waals surface area contributed by atoms with Crippen molar-refractivity contribution in [1.82, 2.24) is 25.5 Å². The van der Waals surface area contributed by atoms with Crippen LogP contribution in [-0.2, 0) is 0 Å². The fraction of sp³-hybridized carbons (Fsp3) is 0.500. The second-order valence-corrected chi connectivity index (χ2v) is 6.71. The van der Waals surface area contributed by atoms with Crippen LogP contribution >= 0.6 is 0 Å². The molecule has 9 nitrogen and oxygen atoms in total. The maximum Gasteiger partial charge on any atom is 0.257 e. The van der Waals surface area contributed by atoms with Crippen molar-refractivity contribution in [2.24, 2.45) is 5.92 Å². The Hall–Kier alpha value is -2.99. The van der Waals surface area contributed by atoms with E-state index in [1.54, 1.807) is 0 Å². The lowest BCUT2D eigenvalue weighted by Crippen LogP contribution is -2.31. The van der Waals surface area contributed by atoms with Gasteiger partial charge < -0.3 is 20.7 Å². The van der Waals surface area contributed by atoms with Gasteiger partial charge in [-0.1, -0.05) is 0 Å². The first-order chi connectivity index (χ1) is 13.1. The molecule has 1 saturated heterocycles. The van der Waals surface area contributed by atoms with E-state index < -0.39 is 0 Å². The molecule has 0 aliphatic carbocycles. The number of nitriles is 1. The first-order valence-electron chi connectivity index (χ1n) is 9.12. The van der Waals surface area contributed by atoms with E-state index in [0.29, 0.717) is 23.4 Å². The van der Waals surface area contributed by atoms with Crippen molar-refractivity contribution >= 4 is 17.3 Å². The number of hydrogen-bond donors (Lipinski definition) is 3. The molecule has 9 heteroatoms. The monoisotopic (exact) mass is 368 g/mol. The van der Waals surface area contributed by atoms with Gasteiger partial charge in [-0.05, 0) is 45.7 Å². The molecule has 3 rings (SSSR count). The predicted molar refractivity (Wildman–Crippen MR) is 102 cm³/mol. The van der Waals surface area contributed by atoms with Gasteiger partial charge in [0.25, 0.3) is 5.88 Å². The number of hydrogen-bond acceptors (Lipinski definition) is 9. The summed E-state index contributed by atoms with van der Waals surface area (Å²) in [5.41, 5.74) is 1.05. The van der Waals surface area contributed by atoms with E-state index in [4.69, 9.17) is 10.00 Å². The van der Waals surface area contributed by atoms with Gasteiger partial charge in [0.1, 0.15) is 17.6 Å². The van der Waals surface area contributed by atoms with E-state index in [-0.39, 0.29) is 11.8 Å². The number of piperidine rings is 1. The zero-order valence-corrected chi connectivity index (χ0v) is 15.6. The highest BCUT2D eigenvalue weighted by Gasteiger charge is 2.16. The lowest BCUT2D eigenvalue weighted by atomic mass is 9.98. The van der Waals surface area contributed by atoms with E-state index in [2.05, 4.69) is 36.1 Å². The molecule has 1 fully saturated rings.